The Kier molecular flexibility index (Phi) is 7.72. The molecule has 1 aliphatic carbocycles. The number of carboxylic acids is 1. The fraction of sp³-hybridized carbons (Fsp3) is 0.323. The van der Waals surface area contributed by atoms with Crippen LogP contribution in [0.1, 0.15) is 68.4 Å². The van der Waals surface area contributed by atoms with Crippen molar-refractivity contribution in [2.75, 3.05) is 5.32 Å². The molecule has 2 heterocycles. The largest absolute Gasteiger partial charge is 0.478 e. The van der Waals surface area contributed by atoms with Crippen LogP contribution in [0.15, 0.2) is 50.6 Å². The van der Waals surface area contributed by atoms with E-state index in [-0.39, 0.29) is 57.4 Å². The van der Waals surface area contributed by atoms with E-state index in [1.54, 1.807) is 26.0 Å². The Hall–Kier alpha value is -4.11. The van der Waals surface area contributed by atoms with E-state index in [1.807, 2.05) is 20.8 Å². The Bertz CT molecular complexity index is 2180. The molecule has 2 aliphatic heterocycles. The molecule has 0 saturated carbocycles. The Labute approximate surface area is 259 Å². The van der Waals surface area contributed by atoms with Crippen LogP contribution in [-0.4, -0.2) is 48.3 Å². The second-order valence-electron chi connectivity index (χ2n) is 12.4. The zero-order valence-corrected chi connectivity index (χ0v) is 26.7. The average molecular weight is 657 g/mol. The highest BCUT2D eigenvalue weighted by Gasteiger charge is 2.38. The van der Waals surface area contributed by atoms with E-state index in [0.717, 1.165) is 6.07 Å². The molecule has 0 spiro atoms. The van der Waals surface area contributed by atoms with Crippen molar-refractivity contribution in [1.29, 1.82) is 5.41 Å². The monoisotopic (exact) mass is 656 g/mol. The Morgan fingerprint density at radius 2 is 1.64 bits per heavy atom. The third kappa shape index (κ3) is 5.74. The minimum absolute atomic E-state index is 0.0195. The number of fused-ring (bicyclic) bond motifs is 3. The van der Waals surface area contributed by atoms with Gasteiger partial charge in [-0.2, -0.15) is 16.8 Å². The molecule has 1 unspecified atom stereocenters. The lowest BCUT2D eigenvalue weighted by molar-refractivity contribution is -0.121. The van der Waals surface area contributed by atoms with E-state index >= 15 is 0 Å². The molecule has 14 heteroatoms. The first kappa shape index (κ1) is 32.3. The lowest BCUT2D eigenvalue weighted by Gasteiger charge is -2.38. The SMILES string of the molecule is CC(C)C(=O)Cc1ccc(-c2c3ccc(=N)c(S(=O)(=O)O)c-3oc3c(S(=O)(=O)O)c4c(cc23)C(C)CC(C)(C)N4)c(C(=O)O)c1. The van der Waals surface area contributed by atoms with Crippen molar-refractivity contribution in [1.82, 2.24) is 0 Å². The molecule has 0 bridgehead atoms. The third-order valence-corrected chi connectivity index (χ3v) is 9.88. The van der Waals surface area contributed by atoms with Gasteiger partial charge < -0.3 is 14.8 Å². The number of anilines is 1. The summed E-state index contributed by atoms with van der Waals surface area (Å²) in [5.74, 6) is -2.68. The molecule has 1 atom stereocenters. The van der Waals surface area contributed by atoms with Crippen LogP contribution in [0.3, 0.4) is 0 Å². The summed E-state index contributed by atoms with van der Waals surface area (Å²) in [5, 5.41) is 21.1. The minimum Gasteiger partial charge on any atom is -0.478 e. The van der Waals surface area contributed by atoms with Gasteiger partial charge in [-0.3, -0.25) is 19.3 Å². The summed E-state index contributed by atoms with van der Waals surface area (Å²) in [5.41, 5.74) is -0.502. The Morgan fingerprint density at radius 1 is 1.02 bits per heavy atom. The number of hydrogen-bond donors (Lipinski definition) is 5. The number of benzene rings is 3. The van der Waals surface area contributed by atoms with Crippen LogP contribution in [0.5, 0.6) is 0 Å². The normalized spacial score (nSPS) is 16.5. The van der Waals surface area contributed by atoms with Crippen LogP contribution in [0.2, 0.25) is 0 Å². The molecule has 2 aromatic carbocycles. The van der Waals surface area contributed by atoms with E-state index in [9.17, 15) is 40.6 Å². The molecule has 5 rings (SSSR count). The number of rotatable bonds is 7. The van der Waals surface area contributed by atoms with Crippen LogP contribution in [0.4, 0.5) is 5.69 Å². The van der Waals surface area contributed by atoms with Gasteiger partial charge in [0.25, 0.3) is 20.2 Å². The second-order valence-corrected chi connectivity index (χ2v) is 15.1. The molecule has 0 saturated heterocycles. The van der Waals surface area contributed by atoms with Crippen molar-refractivity contribution in [2.45, 2.75) is 68.7 Å². The number of hydrogen-bond acceptors (Lipinski definition) is 9. The lowest BCUT2D eigenvalue weighted by atomic mass is 9.80. The summed E-state index contributed by atoms with van der Waals surface area (Å²) in [6.07, 6.45) is 0.517. The molecule has 12 nitrogen and oxygen atoms in total. The maximum Gasteiger partial charge on any atom is 0.336 e. The number of Topliss-reactive ketones (excluding diaryl/α,β-unsaturated/α-hetero) is 1. The van der Waals surface area contributed by atoms with Gasteiger partial charge >= 0.3 is 5.97 Å². The fourth-order valence-corrected chi connectivity index (χ4v) is 7.68. The fourth-order valence-electron chi connectivity index (χ4n) is 6.13. The zero-order valence-electron chi connectivity index (χ0n) is 25.0. The first-order valence-corrected chi connectivity index (χ1v) is 16.9. The molecule has 5 N–H and O–H groups in total. The Balaban J connectivity index is 2.04. The van der Waals surface area contributed by atoms with E-state index < -0.39 is 58.2 Å². The molecule has 0 fully saturated rings. The highest BCUT2D eigenvalue weighted by Crippen LogP contribution is 2.50. The van der Waals surface area contributed by atoms with Crippen molar-refractivity contribution in [2.24, 2.45) is 5.92 Å². The van der Waals surface area contributed by atoms with E-state index in [1.165, 1.54) is 18.2 Å². The van der Waals surface area contributed by atoms with Crippen LogP contribution in [-0.2, 0) is 31.5 Å². The standard InChI is InChI=1S/C31H32N2O10S2/c1-14(2)23(34)11-16-6-7-17(20(10-16)30(35)36)24-18-8-9-22(32)28(44(37,38)39)26(18)43-27-21(24)12-19-15(3)13-31(4,5)33-25(19)29(27)45(40,41)42/h6-10,12,14-15,32-33H,11,13H2,1-5H3,(H,35,36)(H,37,38,39)(H,40,41,42). The van der Waals surface area contributed by atoms with Crippen LogP contribution in [0, 0.1) is 11.3 Å². The molecular formula is C31H32N2O10S2. The van der Waals surface area contributed by atoms with E-state index in [2.05, 4.69) is 5.32 Å². The summed E-state index contributed by atoms with van der Waals surface area (Å²) < 4.78 is 77.9. The van der Waals surface area contributed by atoms with Crippen LogP contribution in [0.25, 0.3) is 33.4 Å². The maximum atomic E-state index is 13.1. The second kappa shape index (κ2) is 10.8. The maximum absolute atomic E-state index is 13.1. The van der Waals surface area contributed by atoms with Crippen LogP contribution >= 0.6 is 0 Å². The quantitative estimate of drug-likeness (QED) is 0.126. The molecular weight excluding hydrogens is 624 g/mol. The number of ketones is 1. The van der Waals surface area contributed by atoms with Gasteiger partial charge in [0.15, 0.2) is 21.1 Å². The van der Waals surface area contributed by atoms with Crippen LogP contribution < -0.4 is 10.7 Å². The molecule has 3 aliphatic rings. The van der Waals surface area contributed by atoms with Gasteiger partial charge in [-0.05, 0) is 67.1 Å². The van der Waals surface area contributed by atoms with Crippen molar-refractivity contribution >= 4 is 48.6 Å². The summed E-state index contributed by atoms with van der Waals surface area (Å²) in [7, 11) is -10.2. The van der Waals surface area contributed by atoms with Gasteiger partial charge in [0.1, 0.15) is 5.78 Å². The number of carbonyl (C=O) groups excluding carboxylic acids is 1. The summed E-state index contributed by atoms with van der Waals surface area (Å²) in [4.78, 5) is 23.5. The van der Waals surface area contributed by atoms with E-state index in [0.29, 0.717) is 17.5 Å². The number of carboxylic acid groups (broad SMARTS) is 1. The smallest absolute Gasteiger partial charge is 0.336 e. The van der Waals surface area contributed by atoms with Gasteiger partial charge in [0, 0.05) is 34.4 Å². The van der Waals surface area contributed by atoms with Crippen molar-refractivity contribution < 1.29 is 45.1 Å². The predicted octanol–water partition coefficient (Wildman–Crippen LogP) is 5.34. The molecule has 0 radical (unpaired) electrons. The first-order chi connectivity index (χ1) is 20.7. The lowest BCUT2D eigenvalue weighted by Crippen LogP contribution is -2.37. The third-order valence-electron chi connectivity index (χ3n) is 8.05. The average Bonchev–Trinajstić information content (AvgIpc) is 2.88. The molecule has 238 valence electrons. The molecule has 45 heavy (non-hydrogen) atoms. The molecule has 0 aromatic heterocycles. The van der Waals surface area contributed by atoms with E-state index in [4.69, 9.17) is 9.83 Å². The number of carbonyl (C=O) groups is 2. The predicted molar refractivity (Wildman–Crippen MR) is 165 cm³/mol. The van der Waals surface area contributed by atoms with Crippen molar-refractivity contribution in [3.05, 3.63) is 58.4 Å². The molecule has 2 aromatic rings. The molecule has 0 amide bonds. The topological polar surface area (TPSA) is 212 Å². The zero-order chi connectivity index (χ0) is 33.4. The number of nitrogens with one attached hydrogen (secondary N) is 2. The summed E-state index contributed by atoms with van der Waals surface area (Å²) in [6.45, 7) is 8.98. The Morgan fingerprint density at radius 3 is 2.22 bits per heavy atom. The van der Waals surface area contributed by atoms with Gasteiger partial charge in [-0.15, -0.1) is 0 Å². The van der Waals surface area contributed by atoms with Crippen molar-refractivity contribution in [3.8, 4) is 22.5 Å². The highest BCUT2D eigenvalue weighted by molar-refractivity contribution is 7.86. The van der Waals surface area contributed by atoms with Gasteiger partial charge in [0.05, 0.1) is 16.6 Å². The highest BCUT2D eigenvalue weighted by atomic mass is 32.2. The first-order valence-electron chi connectivity index (χ1n) is 14.0. The summed E-state index contributed by atoms with van der Waals surface area (Å²) in [6, 6.07) is 8.29. The number of aromatic carboxylic acids is 1. The van der Waals surface area contributed by atoms with Gasteiger partial charge in [0.2, 0.25) is 0 Å². The van der Waals surface area contributed by atoms with Gasteiger partial charge in [-0.1, -0.05) is 32.9 Å². The van der Waals surface area contributed by atoms with Gasteiger partial charge in [-0.25, -0.2) is 4.79 Å². The summed E-state index contributed by atoms with van der Waals surface area (Å²) >= 11 is 0. The minimum atomic E-state index is -5.14. The van der Waals surface area contributed by atoms with Crippen molar-refractivity contribution in [3.63, 3.8) is 0 Å².